The van der Waals surface area contributed by atoms with E-state index in [0.717, 1.165) is 0 Å². The lowest BCUT2D eigenvalue weighted by molar-refractivity contribution is -0.147. The quantitative estimate of drug-likeness (QED) is 0.339. The van der Waals surface area contributed by atoms with E-state index in [9.17, 15) is 14.4 Å². The maximum atomic E-state index is 11.9. The molecular weight excluding hydrogens is 342 g/mol. The molecular formula is C17H31N3O6. The minimum atomic E-state index is -0.794. The molecule has 0 bridgehead atoms. The van der Waals surface area contributed by atoms with Gasteiger partial charge in [-0.05, 0) is 55.4 Å². The molecule has 0 aliphatic carbocycles. The number of aliphatic imine (C=N–C) groups is 1. The van der Waals surface area contributed by atoms with E-state index < -0.39 is 29.4 Å². The topological polar surface area (TPSA) is 115 Å². The predicted molar refractivity (Wildman–Crippen MR) is 96.9 cm³/mol. The Morgan fingerprint density at radius 1 is 0.885 bits per heavy atom. The minimum Gasteiger partial charge on any atom is -0.463 e. The van der Waals surface area contributed by atoms with Crippen molar-refractivity contribution < 1.29 is 28.6 Å². The lowest BCUT2D eigenvalue weighted by Gasteiger charge is -2.22. The smallest absolute Gasteiger partial charge is 0.414 e. The van der Waals surface area contributed by atoms with Gasteiger partial charge in [0.05, 0.1) is 19.1 Å². The van der Waals surface area contributed by atoms with Crippen molar-refractivity contribution in [2.24, 2.45) is 4.99 Å². The van der Waals surface area contributed by atoms with Crippen molar-refractivity contribution in [3.63, 3.8) is 0 Å². The molecule has 26 heavy (non-hydrogen) atoms. The normalized spacial score (nSPS) is 11.4. The van der Waals surface area contributed by atoms with E-state index in [2.05, 4.69) is 15.6 Å². The molecule has 2 N–H and O–H groups in total. The number of carbonyl (C=O) groups excluding carboxylic acids is 3. The number of amides is 2. The van der Waals surface area contributed by atoms with Gasteiger partial charge in [0.25, 0.3) is 0 Å². The molecule has 9 heteroatoms. The first kappa shape index (κ1) is 23.7. The van der Waals surface area contributed by atoms with Crippen LogP contribution in [0.25, 0.3) is 0 Å². The van der Waals surface area contributed by atoms with Crippen LogP contribution in [0.3, 0.4) is 0 Å². The van der Waals surface area contributed by atoms with E-state index in [4.69, 9.17) is 14.2 Å². The number of carbonyl (C=O) groups is 3. The van der Waals surface area contributed by atoms with E-state index >= 15 is 0 Å². The van der Waals surface area contributed by atoms with Gasteiger partial charge in [0, 0.05) is 0 Å². The lowest BCUT2D eigenvalue weighted by atomic mass is 10.2. The van der Waals surface area contributed by atoms with Crippen molar-refractivity contribution in [3.8, 4) is 0 Å². The summed E-state index contributed by atoms with van der Waals surface area (Å²) < 4.78 is 15.2. The van der Waals surface area contributed by atoms with Crippen LogP contribution in [0.15, 0.2) is 4.99 Å². The molecule has 0 aromatic rings. The second kappa shape index (κ2) is 9.98. The summed E-state index contributed by atoms with van der Waals surface area (Å²) in [7, 11) is 0. The molecule has 0 atom stereocenters. The number of alkyl carbamates (subject to hydrolysis) is 2. The lowest BCUT2D eigenvalue weighted by Crippen LogP contribution is -2.47. The number of ether oxygens (including phenoxy) is 3. The van der Waals surface area contributed by atoms with Gasteiger partial charge in [-0.25, -0.2) is 9.59 Å². The average molecular weight is 373 g/mol. The fraction of sp³-hybridized carbons (Fsp3) is 0.765. The van der Waals surface area contributed by atoms with Crippen LogP contribution in [-0.2, 0) is 19.0 Å². The van der Waals surface area contributed by atoms with Gasteiger partial charge in [-0.1, -0.05) is 0 Å². The number of nitrogens with zero attached hydrogens (tertiary/aromatic N) is 1. The number of nitrogens with one attached hydrogen (secondary N) is 2. The van der Waals surface area contributed by atoms with E-state index in [1.807, 2.05) is 0 Å². The van der Waals surface area contributed by atoms with Crippen LogP contribution in [0.5, 0.6) is 0 Å². The predicted octanol–water partition coefficient (Wildman–Crippen LogP) is 2.73. The van der Waals surface area contributed by atoms with Crippen LogP contribution >= 0.6 is 0 Å². The number of rotatable bonds is 4. The van der Waals surface area contributed by atoms with Crippen LogP contribution in [0, 0.1) is 0 Å². The van der Waals surface area contributed by atoms with Gasteiger partial charge in [-0.3, -0.25) is 20.4 Å². The standard InChI is InChI=1S/C17H31N3O6/c1-11(2)24-12(21)9-10-18-13(19-14(22)25-16(3,4)5)20-15(23)26-17(6,7)8/h11H,9-10H2,1-8H3,(H2,18,19,20,22,23). The van der Waals surface area contributed by atoms with Crippen molar-refractivity contribution in [2.45, 2.75) is 79.1 Å². The summed E-state index contributed by atoms with van der Waals surface area (Å²) in [6, 6.07) is 0. The Morgan fingerprint density at radius 2 is 1.31 bits per heavy atom. The van der Waals surface area contributed by atoms with Gasteiger partial charge < -0.3 is 14.2 Å². The fourth-order valence-electron chi connectivity index (χ4n) is 1.49. The van der Waals surface area contributed by atoms with Crippen LogP contribution < -0.4 is 10.6 Å². The molecule has 0 unspecified atom stereocenters. The largest absolute Gasteiger partial charge is 0.463 e. The van der Waals surface area contributed by atoms with Crippen molar-refractivity contribution in [2.75, 3.05) is 6.54 Å². The molecule has 0 fully saturated rings. The van der Waals surface area contributed by atoms with Gasteiger partial charge in [0.15, 0.2) is 0 Å². The number of guanidine groups is 1. The highest BCUT2D eigenvalue weighted by Crippen LogP contribution is 2.07. The van der Waals surface area contributed by atoms with Gasteiger partial charge in [-0.2, -0.15) is 0 Å². The highest BCUT2D eigenvalue weighted by Gasteiger charge is 2.21. The number of esters is 1. The van der Waals surface area contributed by atoms with E-state index in [1.165, 1.54) is 0 Å². The van der Waals surface area contributed by atoms with Gasteiger partial charge in [0.1, 0.15) is 11.2 Å². The second-order valence-electron chi connectivity index (χ2n) is 7.77. The Bertz CT molecular complexity index is 498. The SMILES string of the molecule is CC(C)OC(=O)CCN=C(NC(=O)OC(C)(C)C)NC(=O)OC(C)(C)C. The van der Waals surface area contributed by atoms with E-state index in [-0.39, 0.29) is 25.0 Å². The summed E-state index contributed by atoms with van der Waals surface area (Å²) in [6.45, 7) is 13.7. The molecule has 0 aliphatic rings. The molecule has 150 valence electrons. The Morgan fingerprint density at radius 3 is 1.65 bits per heavy atom. The highest BCUT2D eigenvalue weighted by molar-refractivity contribution is 6.01. The van der Waals surface area contributed by atoms with E-state index in [0.29, 0.717) is 0 Å². The van der Waals surface area contributed by atoms with E-state index in [1.54, 1.807) is 55.4 Å². The summed E-state index contributed by atoms with van der Waals surface area (Å²) in [4.78, 5) is 39.3. The fourth-order valence-corrected chi connectivity index (χ4v) is 1.49. The third-order valence-corrected chi connectivity index (χ3v) is 2.19. The third-order valence-electron chi connectivity index (χ3n) is 2.19. The Hall–Kier alpha value is -2.32. The first-order valence-corrected chi connectivity index (χ1v) is 8.42. The maximum absolute atomic E-state index is 11.9. The average Bonchev–Trinajstić information content (AvgIpc) is 2.32. The van der Waals surface area contributed by atoms with Crippen molar-refractivity contribution in [1.29, 1.82) is 0 Å². The highest BCUT2D eigenvalue weighted by atomic mass is 16.6. The first-order valence-electron chi connectivity index (χ1n) is 8.42. The summed E-state index contributed by atoms with van der Waals surface area (Å²) in [5, 5.41) is 4.66. The van der Waals surface area contributed by atoms with Crippen molar-refractivity contribution >= 4 is 24.1 Å². The zero-order valence-corrected chi connectivity index (χ0v) is 16.9. The van der Waals surface area contributed by atoms with Gasteiger partial charge >= 0.3 is 18.2 Å². The second-order valence-corrected chi connectivity index (χ2v) is 7.77. The number of hydrogen-bond donors (Lipinski definition) is 2. The minimum absolute atomic E-state index is 0.00627. The molecule has 0 heterocycles. The molecule has 0 radical (unpaired) electrons. The summed E-state index contributed by atoms with van der Waals surface area (Å²) in [5.74, 6) is -0.608. The van der Waals surface area contributed by atoms with Gasteiger partial charge in [0.2, 0.25) is 5.96 Å². The molecule has 0 saturated carbocycles. The summed E-state index contributed by atoms with van der Waals surface area (Å²) in [6.07, 6.45) is -1.83. The molecule has 0 aromatic carbocycles. The first-order chi connectivity index (χ1) is 11.7. The molecule has 0 aromatic heterocycles. The van der Waals surface area contributed by atoms with Crippen molar-refractivity contribution in [3.05, 3.63) is 0 Å². The Kier molecular flexibility index (Phi) is 9.09. The summed E-state index contributed by atoms with van der Waals surface area (Å²) >= 11 is 0. The van der Waals surface area contributed by atoms with Crippen LogP contribution in [0.1, 0.15) is 61.8 Å². The molecule has 0 spiro atoms. The zero-order valence-electron chi connectivity index (χ0n) is 16.9. The molecule has 0 rings (SSSR count). The third kappa shape index (κ3) is 14.1. The summed E-state index contributed by atoms with van der Waals surface area (Å²) in [5.41, 5.74) is -1.44. The van der Waals surface area contributed by atoms with Crippen LogP contribution in [-0.4, -0.2) is 48.0 Å². The molecule has 9 nitrogen and oxygen atoms in total. The Labute approximate surface area is 154 Å². The molecule has 2 amide bonds. The van der Waals surface area contributed by atoms with Crippen LogP contribution in [0.2, 0.25) is 0 Å². The van der Waals surface area contributed by atoms with Crippen molar-refractivity contribution in [1.82, 2.24) is 10.6 Å². The maximum Gasteiger partial charge on any atom is 0.414 e. The van der Waals surface area contributed by atoms with Gasteiger partial charge in [-0.15, -0.1) is 0 Å². The van der Waals surface area contributed by atoms with Crippen LogP contribution in [0.4, 0.5) is 9.59 Å². The Balaban J connectivity index is 4.92. The zero-order chi connectivity index (χ0) is 20.5. The number of hydrogen-bond acceptors (Lipinski definition) is 7. The molecule has 0 saturated heterocycles. The monoisotopic (exact) mass is 373 g/mol. The molecule has 0 aliphatic heterocycles.